The van der Waals surface area contributed by atoms with Crippen molar-refractivity contribution >= 4 is 0 Å². The van der Waals surface area contributed by atoms with Crippen molar-refractivity contribution in [3.63, 3.8) is 0 Å². The molecule has 0 radical (unpaired) electrons. The molecule has 0 amide bonds. The van der Waals surface area contributed by atoms with Gasteiger partial charge < -0.3 is 10.2 Å². The predicted octanol–water partition coefficient (Wildman–Crippen LogP) is 3.68. The number of halogens is 3. The summed E-state index contributed by atoms with van der Waals surface area (Å²) in [5.74, 6) is -1.24. The van der Waals surface area contributed by atoms with Gasteiger partial charge in [0.1, 0.15) is 0 Å². The van der Waals surface area contributed by atoms with Crippen LogP contribution in [0.25, 0.3) is 0 Å². The van der Waals surface area contributed by atoms with E-state index >= 15 is 0 Å². The van der Waals surface area contributed by atoms with Crippen molar-refractivity contribution < 1.29 is 13.2 Å². The van der Waals surface area contributed by atoms with Crippen molar-refractivity contribution in [3.05, 3.63) is 0 Å². The lowest BCUT2D eigenvalue weighted by Crippen LogP contribution is -2.41. The van der Waals surface area contributed by atoms with Gasteiger partial charge in [0.25, 0.3) is 0 Å². The third-order valence-corrected chi connectivity index (χ3v) is 4.05. The van der Waals surface area contributed by atoms with Gasteiger partial charge in [-0.25, -0.2) is 0 Å². The van der Waals surface area contributed by atoms with Crippen LogP contribution >= 0.6 is 0 Å². The van der Waals surface area contributed by atoms with Crippen LogP contribution in [0.5, 0.6) is 0 Å². The molecule has 1 unspecified atom stereocenters. The van der Waals surface area contributed by atoms with Crippen LogP contribution in [0.3, 0.4) is 0 Å². The number of alkyl halides is 3. The molecule has 1 N–H and O–H groups in total. The number of hydrogen-bond donors (Lipinski definition) is 1. The first-order valence-electron chi connectivity index (χ1n) is 7.74. The Kier molecular flexibility index (Phi) is 6.79. The Morgan fingerprint density at radius 2 is 1.90 bits per heavy atom. The van der Waals surface area contributed by atoms with E-state index in [1.807, 2.05) is 4.90 Å². The fourth-order valence-corrected chi connectivity index (χ4v) is 2.88. The van der Waals surface area contributed by atoms with Crippen molar-refractivity contribution in [3.8, 4) is 0 Å². The van der Waals surface area contributed by atoms with Crippen molar-refractivity contribution in [1.29, 1.82) is 0 Å². The average Bonchev–Trinajstić information content (AvgIpc) is 2.53. The molecule has 2 nitrogen and oxygen atoms in total. The zero-order valence-electron chi connectivity index (χ0n) is 13.0. The fourth-order valence-electron chi connectivity index (χ4n) is 2.88. The van der Waals surface area contributed by atoms with E-state index in [0.29, 0.717) is 13.1 Å². The molecular weight excluding hydrogens is 265 g/mol. The van der Waals surface area contributed by atoms with Gasteiger partial charge in [-0.1, -0.05) is 40.0 Å². The Morgan fingerprint density at radius 3 is 2.50 bits per heavy atom. The molecule has 5 heteroatoms. The Morgan fingerprint density at radius 1 is 1.20 bits per heavy atom. The molecule has 0 aromatic heterocycles. The topological polar surface area (TPSA) is 15.3 Å². The summed E-state index contributed by atoms with van der Waals surface area (Å²) in [6, 6.07) is 0. The Hall–Kier alpha value is -0.290. The summed E-state index contributed by atoms with van der Waals surface area (Å²) in [6.45, 7) is 8.81. The van der Waals surface area contributed by atoms with Gasteiger partial charge in [-0.05, 0) is 11.8 Å². The van der Waals surface area contributed by atoms with Crippen LogP contribution in [-0.2, 0) is 0 Å². The molecule has 0 aromatic carbocycles. The summed E-state index contributed by atoms with van der Waals surface area (Å²) < 4.78 is 38.7. The summed E-state index contributed by atoms with van der Waals surface area (Å²) in [7, 11) is 0. The van der Waals surface area contributed by atoms with E-state index in [1.54, 1.807) is 0 Å². The minimum Gasteiger partial charge on any atom is -0.315 e. The average molecular weight is 294 g/mol. The number of rotatable bonds is 6. The molecule has 1 saturated heterocycles. The SMILES string of the molecule is CCCCCC(C)(C)CN1CCNCC(C(F)(F)F)C1. The van der Waals surface area contributed by atoms with Gasteiger partial charge in [-0.2, -0.15) is 13.2 Å². The second-order valence-electron chi connectivity index (χ2n) is 6.80. The molecule has 0 bridgehead atoms. The smallest absolute Gasteiger partial charge is 0.315 e. The Labute approximate surface area is 121 Å². The molecular formula is C15H29F3N2. The van der Waals surface area contributed by atoms with Gasteiger partial charge in [0, 0.05) is 32.7 Å². The molecule has 1 atom stereocenters. The minimum absolute atomic E-state index is 0.0518. The summed E-state index contributed by atoms with van der Waals surface area (Å²) in [6.07, 6.45) is 0.539. The molecule has 0 aromatic rings. The van der Waals surface area contributed by atoms with Crippen LogP contribution in [0, 0.1) is 11.3 Å². The number of nitrogens with one attached hydrogen (secondary N) is 1. The van der Waals surface area contributed by atoms with Crippen molar-refractivity contribution in [2.75, 3.05) is 32.7 Å². The second kappa shape index (κ2) is 7.64. The van der Waals surface area contributed by atoms with E-state index in [2.05, 4.69) is 26.1 Å². The van der Waals surface area contributed by atoms with E-state index in [0.717, 1.165) is 19.4 Å². The Bertz CT molecular complexity index is 277. The summed E-state index contributed by atoms with van der Waals surface area (Å²) in [5, 5.41) is 2.91. The highest BCUT2D eigenvalue weighted by molar-refractivity contribution is 4.82. The molecule has 0 spiro atoms. The van der Waals surface area contributed by atoms with Gasteiger partial charge in [-0.15, -0.1) is 0 Å². The molecule has 1 fully saturated rings. The van der Waals surface area contributed by atoms with Crippen LogP contribution in [0.2, 0.25) is 0 Å². The summed E-state index contributed by atoms with van der Waals surface area (Å²) >= 11 is 0. The summed E-state index contributed by atoms with van der Waals surface area (Å²) in [5.41, 5.74) is 0.0929. The third-order valence-electron chi connectivity index (χ3n) is 4.05. The molecule has 120 valence electrons. The monoisotopic (exact) mass is 294 g/mol. The van der Waals surface area contributed by atoms with Gasteiger partial charge in [0.2, 0.25) is 0 Å². The predicted molar refractivity (Wildman–Crippen MR) is 76.8 cm³/mol. The molecule has 1 aliphatic heterocycles. The second-order valence-corrected chi connectivity index (χ2v) is 6.80. The van der Waals surface area contributed by atoms with Gasteiger partial charge in [0.05, 0.1) is 5.92 Å². The quantitative estimate of drug-likeness (QED) is 0.752. The van der Waals surface area contributed by atoms with Gasteiger partial charge in [0.15, 0.2) is 0 Å². The maximum absolute atomic E-state index is 12.9. The van der Waals surface area contributed by atoms with Crippen molar-refractivity contribution in [2.24, 2.45) is 11.3 Å². The largest absolute Gasteiger partial charge is 0.394 e. The highest BCUT2D eigenvalue weighted by atomic mass is 19.4. The standard InChI is InChI=1S/C15H29F3N2/c1-4-5-6-7-14(2,3)12-20-9-8-19-10-13(11-20)15(16,17)18/h13,19H,4-12H2,1-3H3. The highest BCUT2D eigenvalue weighted by Crippen LogP contribution is 2.30. The van der Waals surface area contributed by atoms with E-state index < -0.39 is 12.1 Å². The molecule has 1 aliphatic rings. The van der Waals surface area contributed by atoms with E-state index in [4.69, 9.17) is 0 Å². The maximum Gasteiger partial charge on any atom is 0.394 e. The molecule has 20 heavy (non-hydrogen) atoms. The highest BCUT2D eigenvalue weighted by Gasteiger charge is 2.41. The third kappa shape index (κ3) is 6.44. The first-order valence-corrected chi connectivity index (χ1v) is 7.74. The lowest BCUT2D eigenvalue weighted by atomic mass is 9.86. The molecule has 1 rings (SSSR count). The number of unbranched alkanes of at least 4 members (excludes halogenated alkanes) is 2. The maximum atomic E-state index is 12.9. The normalized spacial score (nSPS) is 22.8. The van der Waals surface area contributed by atoms with Crippen molar-refractivity contribution in [2.45, 2.75) is 52.6 Å². The van der Waals surface area contributed by atoms with E-state index in [1.165, 1.54) is 12.8 Å². The molecule has 0 saturated carbocycles. The molecule has 0 aliphatic carbocycles. The number of nitrogens with zero attached hydrogens (tertiary/aromatic N) is 1. The summed E-state index contributed by atoms with van der Waals surface area (Å²) in [4.78, 5) is 1.99. The first kappa shape index (κ1) is 17.8. The van der Waals surface area contributed by atoms with Crippen LogP contribution in [0.1, 0.15) is 46.5 Å². The zero-order chi connectivity index (χ0) is 15.2. The van der Waals surface area contributed by atoms with Crippen LogP contribution in [0.15, 0.2) is 0 Å². The fraction of sp³-hybridized carbons (Fsp3) is 1.00. The molecule has 1 heterocycles. The van der Waals surface area contributed by atoms with Crippen molar-refractivity contribution in [1.82, 2.24) is 10.2 Å². The van der Waals surface area contributed by atoms with Crippen LogP contribution < -0.4 is 5.32 Å². The number of hydrogen-bond acceptors (Lipinski definition) is 2. The lowest BCUT2D eigenvalue weighted by molar-refractivity contribution is -0.176. The lowest BCUT2D eigenvalue weighted by Gasteiger charge is -2.33. The van der Waals surface area contributed by atoms with Crippen LogP contribution in [0.4, 0.5) is 13.2 Å². The van der Waals surface area contributed by atoms with E-state index in [-0.39, 0.29) is 18.5 Å². The van der Waals surface area contributed by atoms with E-state index in [9.17, 15) is 13.2 Å². The first-order chi connectivity index (χ1) is 9.24. The Balaban J connectivity index is 2.51. The van der Waals surface area contributed by atoms with Crippen LogP contribution in [-0.4, -0.2) is 43.8 Å². The minimum atomic E-state index is -4.10. The van der Waals surface area contributed by atoms with Gasteiger partial charge in [-0.3, -0.25) is 0 Å². The van der Waals surface area contributed by atoms with Gasteiger partial charge >= 0.3 is 6.18 Å². The zero-order valence-corrected chi connectivity index (χ0v) is 13.0.